The molecule has 1 spiro atoms. The Morgan fingerprint density at radius 2 is 1.90 bits per heavy atom. The molecule has 10 heteroatoms. The molecule has 2 atom stereocenters. The van der Waals surface area contributed by atoms with E-state index in [9.17, 15) is 22.8 Å². The Morgan fingerprint density at radius 1 is 1.28 bits per heavy atom. The highest BCUT2D eigenvalue weighted by atomic mass is 19.4. The highest BCUT2D eigenvalue weighted by molar-refractivity contribution is 5.79. The standard InChI is InChI=1S/C19H29F3N2O5/c1-23(16(26)13-4-2-3-5-13)14-10-18(28-12-14)6-8-24(9-7-18)17(27)29-15(11-25)19(20,21)22/h13-15,25H,2-12H2,1H3/t14-,15?/m1/s1. The molecule has 3 rings (SSSR count). The Balaban J connectivity index is 1.50. The van der Waals surface area contributed by atoms with Crippen molar-refractivity contribution < 1.29 is 37.3 Å². The van der Waals surface area contributed by atoms with Gasteiger partial charge in [-0.15, -0.1) is 0 Å². The number of aliphatic hydroxyl groups excluding tert-OH is 1. The monoisotopic (exact) mass is 422 g/mol. The van der Waals surface area contributed by atoms with Crippen LogP contribution >= 0.6 is 0 Å². The number of piperidine rings is 1. The van der Waals surface area contributed by atoms with Gasteiger partial charge in [0.1, 0.15) is 0 Å². The van der Waals surface area contributed by atoms with Crippen molar-refractivity contribution in [2.45, 2.75) is 68.9 Å². The van der Waals surface area contributed by atoms with E-state index in [1.165, 1.54) is 4.90 Å². The molecule has 1 unspecified atom stereocenters. The Labute approximate surface area is 168 Å². The van der Waals surface area contributed by atoms with Crippen molar-refractivity contribution in [2.24, 2.45) is 5.92 Å². The lowest BCUT2D eigenvalue weighted by atomic mass is 9.87. The number of ether oxygens (including phenoxy) is 2. The van der Waals surface area contributed by atoms with Crippen molar-refractivity contribution in [2.75, 3.05) is 33.4 Å². The maximum absolute atomic E-state index is 12.7. The molecule has 2 aliphatic heterocycles. The van der Waals surface area contributed by atoms with Gasteiger partial charge in [0.2, 0.25) is 12.0 Å². The summed E-state index contributed by atoms with van der Waals surface area (Å²) in [6, 6.07) is -0.0226. The van der Waals surface area contributed by atoms with Crippen LogP contribution in [-0.4, -0.2) is 84.2 Å². The molecular weight excluding hydrogens is 393 g/mol. The number of halogens is 3. The molecule has 1 N–H and O–H groups in total. The number of alkyl halides is 3. The molecule has 1 aliphatic carbocycles. The number of carbonyl (C=O) groups excluding carboxylic acids is 2. The van der Waals surface area contributed by atoms with Gasteiger partial charge < -0.3 is 24.4 Å². The SMILES string of the molecule is CN(C(=O)C1CCCC1)[C@H]1COC2(CCN(C(=O)OC(CO)C(F)(F)F)CC2)C1. The first-order valence-corrected chi connectivity index (χ1v) is 10.2. The molecule has 2 amide bonds. The molecule has 166 valence electrons. The summed E-state index contributed by atoms with van der Waals surface area (Å²) in [5, 5.41) is 8.81. The van der Waals surface area contributed by atoms with Crippen LogP contribution in [0.5, 0.6) is 0 Å². The predicted octanol–water partition coefficient (Wildman–Crippen LogP) is 2.32. The average molecular weight is 422 g/mol. The van der Waals surface area contributed by atoms with Gasteiger partial charge in [0.05, 0.1) is 24.9 Å². The zero-order valence-corrected chi connectivity index (χ0v) is 16.6. The van der Waals surface area contributed by atoms with Crippen LogP contribution in [0, 0.1) is 5.92 Å². The maximum Gasteiger partial charge on any atom is 0.427 e. The molecule has 0 aromatic heterocycles. The lowest BCUT2D eigenvalue weighted by Gasteiger charge is -2.38. The molecule has 0 aromatic rings. The Hall–Kier alpha value is -1.55. The Bertz CT molecular complexity index is 601. The third-order valence-electron chi connectivity index (χ3n) is 6.50. The van der Waals surface area contributed by atoms with Crippen LogP contribution < -0.4 is 0 Å². The summed E-state index contributed by atoms with van der Waals surface area (Å²) in [4.78, 5) is 27.7. The topological polar surface area (TPSA) is 79.3 Å². The number of carbonyl (C=O) groups is 2. The number of aliphatic hydroxyl groups is 1. The molecule has 3 aliphatic rings. The van der Waals surface area contributed by atoms with Crippen LogP contribution in [0.25, 0.3) is 0 Å². The summed E-state index contributed by atoms with van der Waals surface area (Å²) in [6.45, 7) is -0.455. The highest BCUT2D eigenvalue weighted by Gasteiger charge is 2.47. The van der Waals surface area contributed by atoms with E-state index < -0.39 is 30.6 Å². The van der Waals surface area contributed by atoms with Gasteiger partial charge in [0.25, 0.3) is 0 Å². The van der Waals surface area contributed by atoms with Crippen molar-refractivity contribution in [3.8, 4) is 0 Å². The smallest absolute Gasteiger partial charge is 0.427 e. The summed E-state index contributed by atoms with van der Waals surface area (Å²) >= 11 is 0. The second-order valence-corrected chi connectivity index (χ2v) is 8.37. The predicted molar refractivity (Wildman–Crippen MR) is 96.0 cm³/mol. The molecular formula is C19H29F3N2O5. The minimum atomic E-state index is -4.81. The zero-order chi connectivity index (χ0) is 21.2. The molecule has 3 fully saturated rings. The number of likely N-dealkylation sites (N-methyl/N-ethyl adjacent to an activating group) is 1. The van der Waals surface area contributed by atoms with Crippen LogP contribution in [0.4, 0.5) is 18.0 Å². The molecule has 0 aromatic carbocycles. The third kappa shape index (κ3) is 4.96. The molecule has 2 heterocycles. The van der Waals surface area contributed by atoms with Gasteiger partial charge in [0, 0.05) is 26.1 Å². The first-order valence-electron chi connectivity index (χ1n) is 10.2. The minimum Gasteiger partial charge on any atom is -0.434 e. The summed E-state index contributed by atoms with van der Waals surface area (Å²) in [6.07, 6.45) is -2.75. The normalized spacial score (nSPS) is 26.0. The third-order valence-corrected chi connectivity index (χ3v) is 6.50. The van der Waals surface area contributed by atoms with Crippen LogP contribution in [0.15, 0.2) is 0 Å². The lowest BCUT2D eigenvalue weighted by Crippen LogP contribution is -2.49. The first-order chi connectivity index (χ1) is 13.6. The average Bonchev–Trinajstić information content (AvgIpc) is 3.35. The van der Waals surface area contributed by atoms with Crippen molar-refractivity contribution in [3.05, 3.63) is 0 Å². The van der Waals surface area contributed by atoms with Gasteiger partial charge in [-0.05, 0) is 32.1 Å². The Morgan fingerprint density at radius 3 is 2.45 bits per heavy atom. The Kier molecular flexibility index (Phi) is 6.62. The van der Waals surface area contributed by atoms with Gasteiger partial charge in [-0.1, -0.05) is 12.8 Å². The van der Waals surface area contributed by atoms with Gasteiger partial charge in [0.15, 0.2) is 0 Å². The molecule has 7 nitrogen and oxygen atoms in total. The number of amides is 2. The fourth-order valence-corrected chi connectivity index (χ4v) is 4.56. The van der Waals surface area contributed by atoms with Gasteiger partial charge in [-0.3, -0.25) is 4.79 Å². The van der Waals surface area contributed by atoms with Crippen LogP contribution in [0.2, 0.25) is 0 Å². The summed E-state index contributed by atoms with van der Waals surface area (Å²) in [7, 11) is 1.81. The second-order valence-electron chi connectivity index (χ2n) is 8.37. The largest absolute Gasteiger partial charge is 0.434 e. The van der Waals surface area contributed by atoms with E-state index in [-0.39, 0.29) is 31.0 Å². The summed E-state index contributed by atoms with van der Waals surface area (Å²) < 4.78 is 48.5. The van der Waals surface area contributed by atoms with Crippen LogP contribution in [0.3, 0.4) is 0 Å². The van der Waals surface area contributed by atoms with E-state index in [4.69, 9.17) is 9.84 Å². The van der Waals surface area contributed by atoms with Crippen molar-refractivity contribution in [3.63, 3.8) is 0 Å². The molecule has 1 saturated carbocycles. The number of hydrogen-bond donors (Lipinski definition) is 1. The van der Waals surface area contributed by atoms with E-state index in [0.29, 0.717) is 25.9 Å². The zero-order valence-electron chi connectivity index (χ0n) is 16.6. The number of likely N-dealkylation sites (tertiary alicyclic amines) is 1. The molecule has 29 heavy (non-hydrogen) atoms. The summed E-state index contributed by atoms with van der Waals surface area (Å²) in [5.74, 6) is 0.262. The van der Waals surface area contributed by atoms with E-state index in [1.807, 2.05) is 7.05 Å². The van der Waals surface area contributed by atoms with Gasteiger partial charge >= 0.3 is 12.3 Å². The van der Waals surface area contributed by atoms with Crippen molar-refractivity contribution in [1.29, 1.82) is 0 Å². The minimum absolute atomic E-state index is 0.0226. The van der Waals surface area contributed by atoms with Crippen molar-refractivity contribution in [1.82, 2.24) is 9.80 Å². The fraction of sp³-hybridized carbons (Fsp3) is 0.895. The highest BCUT2D eigenvalue weighted by Crippen LogP contribution is 2.38. The first kappa shape index (κ1) is 22.1. The summed E-state index contributed by atoms with van der Waals surface area (Å²) in [5.41, 5.74) is -0.466. The van der Waals surface area contributed by atoms with Gasteiger partial charge in [-0.25, -0.2) is 4.79 Å². The quantitative estimate of drug-likeness (QED) is 0.752. The maximum atomic E-state index is 12.7. The van der Waals surface area contributed by atoms with E-state index in [0.717, 1.165) is 25.7 Å². The molecule has 2 saturated heterocycles. The molecule has 0 bridgehead atoms. The van der Waals surface area contributed by atoms with Crippen LogP contribution in [0.1, 0.15) is 44.9 Å². The number of rotatable bonds is 4. The van der Waals surface area contributed by atoms with Crippen molar-refractivity contribution >= 4 is 12.0 Å². The second kappa shape index (κ2) is 8.67. The molecule has 0 radical (unpaired) electrons. The number of hydrogen-bond acceptors (Lipinski definition) is 5. The van der Waals surface area contributed by atoms with E-state index >= 15 is 0 Å². The fourth-order valence-electron chi connectivity index (χ4n) is 4.56. The number of nitrogens with zero attached hydrogens (tertiary/aromatic N) is 2. The van der Waals surface area contributed by atoms with Crippen LogP contribution in [-0.2, 0) is 14.3 Å². The van der Waals surface area contributed by atoms with E-state index in [1.54, 1.807) is 4.90 Å². The van der Waals surface area contributed by atoms with Gasteiger partial charge in [-0.2, -0.15) is 13.2 Å². The van der Waals surface area contributed by atoms with E-state index in [2.05, 4.69) is 4.74 Å². The lowest BCUT2D eigenvalue weighted by molar-refractivity contribution is -0.215.